The quantitative estimate of drug-likeness (QED) is 0.906. The molecule has 1 aliphatic rings. The molecule has 0 radical (unpaired) electrons. The molecule has 1 aromatic heterocycles. The van der Waals surface area contributed by atoms with Crippen LogP contribution in [-0.4, -0.2) is 38.4 Å². The molecule has 1 amide bonds. The highest BCUT2D eigenvalue weighted by atomic mass is 32.1. The molecule has 0 bridgehead atoms. The molecule has 3 N–H and O–H groups in total. The van der Waals surface area contributed by atoms with E-state index in [1.165, 1.54) is 23.5 Å². The number of carbonyl (C=O) groups excluding carboxylic acids is 1. The van der Waals surface area contributed by atoms with E-state index in [2.05, 4.69) is 5.32 Å². The molecule has 0 aliphatic carbocycles. The van der Waals surface area contributed by atoms with Crippen molar-refractivity contribution in [3.63, 3.8) is 0 Å². The van der Waals surface area contributed by atoms with Crippen molar-refractivity contribution in [3.05, 3.63) is 28.9 Å². The molecular weight excluding hydrogens is 295 g/mol. The third kappa shape index (κ3) is 2.99. The van der Waals surface area contributed by atoms with Gasteiger partial charge in [0.15, 0.2) is 0 Å². The zero-order valence-corrected chi connectivity index (χ0v) is 12.0. The summed E-state index contributed by atoms with van der Waals surface area (Å²) in [6.45, 7) is 1.94. The van der Waals surface area contributed by atoms with Crippen LogP contribution >= 0.6 is 11.3 Å². The molecule has 1 aromatic carbocycles. The van der Waals surface area contributed by atoms with Crippen molar-refractivity contribution >= 4 is 33.0 Å². The number of rotatable bonds is 3. The summed E-state index contributed by atoms with van der Waals surface area (Å²) in [4.78, 5) is 12.6. The number of thiophene rings is 1. The third-order valence-corrected chi connectivity index (χ3v) is 4.46. The van der Waals surface area contributed by atoms with Crippen LogP contribution in [0.1, 0.15) is 9.67 Å². The first-order chi connectivity index (χ1) is 10.1. The number of nitrogens with two attached hydrogens (primary N) is 1. The second-order valence-corrected chi connectivity index (χ2v) is 5.82. The minimum Gasteiger partial charge on any atom is -0.397 e. The maximum Gasteiger partial charge on any atom is 0.263 e. The van der Waals surface area contributed by atoms with Crippen LogP contribution in [0.4, 0.5) is 10.1 Å². The van der Waals surface area contributed by atoms with E-state index in [4.69, 9.17) is 15.2 Å². The molecule has 5 nitrogen and oxygen atoms in total. The predicted molar refractivity (Wildman–Crippen MR) is 79.1 cm³/mol. The van der Waals surface area contributed by atoms with Crippen molar-refractivity contribution in [1.82, 2.24) is 5.32 Å². The number of carbonyl (C=O) groups is 1. The maximum atomic E-state index is 13.2. The van der Waals surface area contributed by atoms with Gasteiger partial charge in [-0.05, 0) is 18.2 Å². The molecular formula is C14H15FN2O3S. The van der Waals surface area contributed by atoms with E-state index in [0.29, 0.717) is 42.3 Å². The number of anilines is 1. The minimum atomic E-state index is -0.369. The molecule has 1 unspecified atom stereocenters. The van der Waals surface area contributed by atoms with Gasteiger partial charge < -0.3 is 20.5 Å². The van der Waals surface area contributed by atoms with Crippen LogP contribution in [0.25, 0.3) is 10.1 Å². The number of halogens is 1. The van der Waals surface area contributed by atoms with Gasteiger partial charge >= 0.3 is 0 Å². The molecule has 1 saturated heterocycles. The summed E-state index contributed by atoms with van der Waals surface area (Å²) >= 11 is 1.25. The molecule has 2 aromatic rings. The van der Waals surface area contributed by atoms with Gasteiger partial charge in [-0.1, -0.05) is 0 Å². The van der Waals surface area contributed by atoms with E-state index in [-0.39, 0.29) is 17.8 Å². The van der Waals surface area contributed by atoms with Crippen molar-refractivity contribution in [1.29, 1.82) is 0 Å². The summed E-state index contributed by atoms with van der Waals surface area (Å²) in [7, 11) is 0. The van der Waals surface area contributed by atoms with Crippen LogP contribution < -0.4 is 11.1 Å². The van der Waals surface area contributed by atoms with Crippen LogP contribution in [0.15, 0.2) is 18.2 Å². The molecule has 7 heteroatoms. The maximum absolute atomic E-state index is 13.2. The predicted octanol–water partition coefficient (Wildman–Crippen LogP) is 1.77. The lowest BCUT2D eigenvalue weighted by Gasteiger charge is -2.22. The van der Waals surface area contributed by atoms with E-state index in [0.717, 1.165) is 4.70 Å². The highest BCUT2D eigenvalue weighted by molar-refractivity contribution is 7.21. The van der Waals surface area contributed by atoms with Crippen LogP contribution in [0.5, 0.6) is 0 Å². The van der Waals surface area contributed by atoms with Gasteiger partial charge in [-0.2, -0.15) is 0 Å². The lowest BCUT2D eigenvalue weighted by atomic mass is 10.2. The normalized spacial score (nSPS) is 18.8. The molecule has 1 aliphatic heterocycles. The van der Waals surface area contributed by atoms with Gasteiger partial charge in [0.1, 0.15) is 10.7 Å². The second-order valence-electron chi connectivity index (χ2n) is 4.76. The summed E-state index contributed by atoms with van der Waals surface area (Å²) in [5, 5.41) is 3.35. The molecule has 0 saturated carbocycles. The second kappa shape index (κ2) is 5.97. The van der Waals surface area contributed by atoms with Crippen LogP contribution in [0.3, 0.4) is 0 Å². The largest absolute Gasteiger partial charge is 0.397 e. The number of ether oxygens (including phenoxy) is 2. The lowest BCUT2D eigenvalue weighted by molar-refractivity contribution is -0.0855. The monoisotopic (exact) mass is 310 g/mol. The van der Waals surface area contributed by atoms with Crippen molar-refractivity contribution in [2.75, 3.05) is 32.1 Å². The molecule has 112 valence electrons. The van der Waals surface area contributed by atoms with Crippen LogP contribution in [0, 0.1) is 5.82 Å². The standard InChI is InChI=1S/C14H15FN2O3S/c15-8-1-2-11-10(5-8)12(16)13(21-11)14(18)17-6-9-7-19-3-4-20-9/h1-2,5,9H,3-4,6-7,16H2,(H,17,18). The van der Waals surface area contributed by atoms with E-state index < -0.39 is 0 Å². The van der Waals surface area contributed by atoms with Crippen LogP contribution in [0.2, 0.25) is 0 Å². The average molecular weight is 310 g/mol. The first-order valence-corrected chi connectivity index (χ1v) is 7.42. The Hall–Kier alpha value is -1.70. The van der Waals surface area contributed by atoms with Gasteiger partial charge in [0, 0.05) is 16.6 Å². The topological polar surface area (TPSA) is 73.6 Å². The zero-order chi connectivity index (χ0) is 14.8. The molecule has 1 atom stereocenters. The number of nitrogen functional groups attached to an aromatic ring is 1. The van der Waals surface area contributed by atoms with Gasteiger partial charge in [0.25, 0.3) is 5.91 Å². The number of hydrogen-bond donors (Lipinski definition) is 2. The lowest BCUT2D eigenvalue weighted by Crippen LogP contribution is -2.39. The summed E-state index contributed by atoms with van der Waals surface area (Å²) in [6, 6.07) is 4.32. The van der Waals surface area contributed by atoms with Crippen molar-refractivity contribution in [3.8, 4) is 0 Å². The van der Waals surface area contributed by atoms with E-state index in [1.54, 1.807) is 6.07 Å². The zero-order valence-electron chi connectivity index (χ0n) is 11.2. The van der Waals surface area contributed by atoms with Crippen molar-refractivity contribution in [2.24, 2.45) is 0 Å². The number of nitrogens with one attached hydrogen (secondary N) is 1. The van der Waals surface area contributed by atoms with E-state index in [9.17, 15) is 9.18 Å². The molecule has 1 fully saturated rings. The Labute approximate surface area is 124 Å². The summed E-state index contributed by atoms with van der Waals surface area (Å²) in [6.07, 6.45) is -0.143. The summed E-state index contributed by atoms with van der Waals surface area (Å²) < 4.78 is 24.7. The van der Waals surface area contributed by atoms with Crippen molar-refractivity contribution < 1.29 is 18.7 Å². The fraction of sp³-hybridized carbons (Fsp3) is 0.357. The first kappa shape index (κ1) is 14.2. The Bertz CT molecular complexity index is 668. The summed E-state index contributed by atoms with van der Waals surface area (Å²) in [5.74, 6) is -0.644. The number of amides is 1. The smallest absolute Gasteiger partial charge is 0.263 e. The Morgan fingerprint density at radius 3 is 3.10 bits per heavy atom. The molecule has 2 heterocycles. The molecule has 0 spiro atoms. The van der Waals surface area contributed by atoms with Gasteiger partial charge in [-0.3, -0.25) is 4.79 Å². The minimum absolute atomic E-state index is 0.143. The number of fused-ring (bicyclic) bond motifs is 1. The Kier molecular flexibility index (Phi) is 4.05. The number of benzene rings is 1. The fourth-order valence-electron chi connectivity index (χ4n) is 2.20. The third-order valence-electron chi connectivity index (χ3n) is 3.27. The fourth-order valence-corrected chi connectivity index (χ4v) is 3.22. The first-order valence-electron chi connectivity index (χ1n) is 6.60. The van der Waals surface area contributed by atoms with Gasteiger partial charge in [0.2, 0.25) is 0 Å². The average Bonchev–Trinajstić information content (AvgIpc) is 2.83. The molecule has 21 heavy (non-hydrogen) atoms. The Morgan fingerprint density at radius 1 is 1.48 bits per heavy atom. The van der Waals surface area contributed by atoms with Gasteiger partial charge in [0.05, 0.1) is 31.6 Å². The SMILES string of the molecule is Nc1c(C(=O)NCC2COCCO2)sc2ccc(F)cc12. The van der Waals surface area contributed by atoms with Gasteiger partial charge in [-0.15, -0.1) is 11.3 Å². The van der Waals surface area contributed by atoms with Gasteiger partial charge in [-0.25, -0.2) is 4.39 Å². The van der Waals surface area contributed by atoms with E-state index in [1.807, 2.05) is 0 Å². The summed E-state index contributed by atoms with van der Waals surface area (Å²) in [5.41, 5.74) is 6.26. The Morgan fingerprint density at radius 2 is 2.33 bits per heavy atom. The molecule has 3 rings (SSSR count). The van der Waals surface area contributed by atoms with E-state index >= 15 is 0 Å². The Balaban J connectivity index is 1.73. The highest BCUT2D eigenvalue weighted by Gasteiger charge is 2.19. The van der Waals surface area contributed by atoms with Crippen LogP contribution in [-0.2, 0) is 9.47 Å². The number of hydrogen-bond acceptors (Lipinski definition) is 5. The van der Waals surface area contributed by atoms with Crippen molar-refractivity contribution in [2.45, 2.75) is 6.10 Å². The highest BCUT2D eigenvalue weighted by Crippen LogP contribution is 2.33.